The number of carbonyl (C=O) groups is 7. The zero-order chi connectivity index (χ0) is 50.3. The number of aromatic hydroxyl groups is 2. The molecule has 0 fully saturated rings. The number of nitrogens with two attached hydrogens (primary N) is 1. The summed E-state index contributed by atoms with van der Waals surface area (Å²) in [5.41, 5.74) is 6.68. The summed E-state index contributed by atoms with van der Waals surface area (Å²) in [4.78, 5) is 96.0. The maximum Gasteiger partial charge on any atom is 0.472 e. The van der Waals surface area contributed by atoms with Crippen molar-refractivity contribution in [1.82, 2.24) is 36.4 Å². The molecular weight excluding hydrogens is 879 g/mol. The normalized spacial score (nSPS) is 16.8. The molecule has 0 aliphatic carbocycles. The number of rotatable bonds is 26. The summed E-state index contributed by atoms with van der Waals surface area (Å²) in [6.45, 7) is 2.39. The summed E-state index contributed by atoms with van der Waals surface area (Å²) in [6.07, 6.45) is 12.7. The number of hydrogen-bond donors (Lipinski definition) is 11. The van der Waals surface area contributed by atoms with Gasteiger partial charge in [0.25, 0.3) is 5.91 Å². The molecule has 1 aliphatic rings. The van der Waals surface area contributed by atoms with Gasteiger partial charge in [-0.2, -0.15) is 0 Å². The summed E-state index contributed by atoms with van der Waals surface area (Å²) in [6, 6.07) is 2.95. The van der Waals surface area contributed by atoms with Crippen LogP contribution >= 0.6 is 0 Å². The number of nitrogens with zero attached hydrogens (tertiary/aromatic N) is 2. The lowest BCUT2D eigenvalue weighted by Gasteiger charge is -2.30. The predicted molar refractivity (Wildman–Crippen MR) is 255 cm³/mol. The van der Waals surface area contributed by atoms with Gasteiger partial charge in [-0.3, -0.25) is 33.6 Å². The topological polar surface area (TPSA) is 313 Å². The molecule has 376 valence electrons. The highest BCUT2D eigenvalue weighted by Crippen LogP contribution is 2.38. The monoisotopic (exact) mass is 953 g/mol. The van der Waals surface area contributed by atoms with Crippen LogP contribution < -0.4 is 32.3 Å². The summed E-state index contributed by atoms with van der Waals surface area (Å²) in [5, 5.41) is 62.2. The Kier molecular flexibility index (Phi) is 24.3. The van der Waals surface area contributed by atoms with E-state index >= 15 is 0 Å². The highest BCUT2D eigenvalue weighted by Gasteiger charge is 2.34. The van der Waals surface area contributed by atoms with Gasteiger partial charge in [0.05, 0.1) is 13.0 Å². The molecule has 21 heteroatoms. The number of phenols is 2. The molecule has 0 aromatic heterocycles. The molecular formula is C47H73BN8O12. The van der Waals surface area contributed by atoms with Crippen LogP contribution in [0.4, 0.5) is 0 Å². The zero-order valence-electron chi connectivity index (χ0n) is 39.9. The molecule has 68 heavy (non-hydrogen) atoms. The van der Waals surface area contributed by atoms with E-state index in [2.05, 4.69) is 33.5 Å². The lowest BCUT2D eigenvalue weighted by molar-refractivity contribution is -0.141. The number of likely N-dealkylation sites (N-methyl/N-ethyl adjacent to an activating group) is 2. The molecule has 0 spiro atoms. The number of phenolic OH excluding ortho intramolecular Hbond substituents is 2. The van der Waals surface area contributed by atoms with Crippen LogP contribution in [-0.2, 0) is 40.0 Å². The third-order valence-electron chi connectivity index (χ3n) is 12.1. The van der Waals surface area contributed by atoms with E-state index in [1.54, 1.807) is 0 Å². The van der Waals surface area contributed by atoms with E-state index < -0.39 is 92.5 Å². The van der Waals surface area contributed by atoms with Gasteiger partial charge in [-0.25, -0.2) is 0 Å². The average molecular weight is 953 g/mol. The summed E-state index contributed by atoms with van der Waals surface area (Å²) in [5.74, 6) is -6.02. The number of unbranched alkanes of at least 4 members (excludes halogenated alkanes) is 12. The average Bonchev–Trinajstić information content (AvgIpc) is 3.30. The number of carbonyl (C=O) groups excluding carboxylic acids is 7. The van der Waals surface area contributed by atoms with Crippen LogP contribution in [0.3, 0.4) is 0 Å². The maximum absolute atomic E-state index is 14.0. The lowest BCUT2D eigenvalue weighted by Crippen LogP contribution is -2.58. The number of aliphatic hydroxyl groups is 1. The molecule has 5 atom stereocenters. The molecule has 7 amide bonds. The molecule has 20 nitrogen and oxygen atoms in total. The Morgan fingerprint density at radius 2 is 1.35 bits per heavy atom. The SMILES string of the molecule is CCCCCCCCCCCCCCCC(=O)N(C)[C@H](CCO)C(=O)N[C@H](N)C(=O)NCC(=O)N(C)[C@@H]1C(=O)N[C@@H](C)C(=O)N[C@H](C(=O)NCB(O)O)Cc2ccc(O)c(c2)-c2cc1ccc2O. The largest absolute Gasteiger partial charge is 0.507 e. The van der Waals surface area contributed by atoms with E-state index in [1.807, 2.05) is 0 Å². The Bertz CT molecular complexity index is 2010. The Labute approximate surface area is 399 Å². The third-order valence-corrected chi connectivity index (χ3v) is 12.1. The minimum atomic E-state index is -1.88. The second-order valence-corrected chi connectivity index (χ2v) is 17.5. The van der Waals surface area contributed by atoms with Crippen molar-refractivity contribution in [2.24, 2.45) is 5.73 Å². The molecule has 0 saturated carbocycles. The van der Waals surface area contributed by atoms with E-state index in [-0.39, 0.29) is 53.4 Å². The zero-order valence-corrected chi connectivity index (χ0v) is 39.9. The van der Waals surface area contributed by atoms with E-state index in [1.165, 1.54) is 114 Å². The van der Waals surface area contributed by atoms with Gasteiger partial charge in [0.15, 0.2) is 6.17 Å². The minimum absolute atomic E-state index is 0.0421. The van der Waals surface area contributed by atoms with Crippen molar-refractivity contribution in [2.45, 2.75) is 147 Å². The van der Waals surface area contributed by atoms with Crippen molar-refractivity contribution in [3.8, 4) is 22.6 Å². The highest BCUT2D eigenvalue weighted by molar-refractivity contribution is 6.41. The summed E-state index contributed by atoms with van der Waals surface area (Å²) in [7, 11) is 0.812. The quantitative estimate of drug-likeness (QED) is 0.0359. The number of benzene rings is 2. The second-order valence-electron chi connectivity index (χ2n) is 17.5. The fraction of sp³-hybridized carbons (Fsp3) is 0.596. The first-order valence-electron chi connectivity index (χ1n) is 23.8. The Morgan fingerprint density at radius 1 is 0.779 bits per heavy atom. The van der Waals surface area contributed by atoms with Crippen LogP contribution in [0, 0.1) is 0 Å². The number of nitrogens with one attached hydrogen (secondary N) is 5. The first-order valence-corrected chi connectivity index (χ1v) is 23.8. The maximum atomic E-state index is 14.0. The van der Waals surface area contributed by atoms with Crippen molar-refractivity contribution >= 4 is 48.5 Å². The molecule has 1 heterocycles. The van der Waals surface area contributed by atoms with Crippen molar-refractivity contribution < 1.29 is 58.9 Å². The number of hydrogen-bond acceptors (Lipinski definition) is 13. The molecule has 0 unspecified atom stereocenters. The van der Waals surface area contributed by atoms with Gasteiger partial charge < -0.3 is 67.5 Å². The van der Waals surface area contributed by atoms with Crippen molar-refractivity contribution in [3.05, 3.63) is 47.5 Å². The van der Waals surface area contributed by atoms with Crippen molar-refractivity contribution in [1.29, 1.82) is 0 Å². The van der Waals surface area contributed by atoms with Gasteiger partial charge in [0.2, 0.25) is 35.4 Å². The van der Waals surface area contributed by atoms with Crippen LogP contribution in [0.5, 0.6) is 11.5 Å². The predicted octanol–water partition coefficient (Wildman–Crippen LogP) is 1.15. The molecule has 2 aromatic carbocycles. The number of amides is 7. The van der Waals surface area contributed by atoms with Crippen LogP contribution in [0.1, 0.15) is 127 Å². The van der Waals surface area contributed by atoms with Gasteiger partial charge in [-0.05, 0) is 55.2 Å². The molecule has 4 bridgehead atoms. The Morgan fingerprint density at radius 3 is 1.94 bits per heavy atom. The van der Waals surface area contributed by atoms with E-state index in [4.69, 9.17) is 5.73 Å². The van der Waals surface area contributed by atoms with Gasteiger partial charge >= 0.3 is 7.12 Å². The highest BCUT2D eigenvalue weighted by atomic mass is 16.4. The second kappa shape index (κ2) is 29.2. The Hall–Kier alpha value is -5.77. The van der Waals surface area contributed by atoms with Gasteiger partial charge in [0.1, 0.15) is 35.7 Å². The minimum Gasteiger partial charge on any atom is -0.507 e. The molecule has 0 radical (unpaired) electrons. The van der Waals surface area contributed by atoms with E-state index in [0.717, 1.165) is 30.6 Å². The number of aliphatic hydroxyl groups excluding tert-OH is 1. The fourth-order valence-corrected chi connectivity index (χ4v) is 7.95. The van der Waals surface area contributed by atoms with Crippen LogP contribution in [0.25, 0.3) is 11.1 Å². The van der Waals surface area contributed by atoms with Crippen LogP contribution in [-0.4, -0.2) is 142 Å². The molecule has 3 rings (SSSR count). The van der Waals surface area contributed by atoms with Gasteiger partial charge in [0, 0.05) is 44.7 Å². The fourth-order valence-electron chi connectivity index (χ4n) is 7.95. The molecule has 12 N–H and O–H groups in total. The third kappa shape index (κ3) is 18.0. The standard InChI is InChI=1S/C47H73BN8O12/c1-5-6-7-8-9-10-11-12-13-14-15-16-17-18-39(60)55(3)36(23-24-57)45(64)54-42(49)47(66)50-28-40(61)56(4)41-32-20-22-38(59)34(27-32)33-25-31(19-21-37(33)58)26-35(44(63)51-29-48(67)68)53-43(62)30(2)52-46(41)65/h19-22,25,27,30,35-36,41-42,57-59,67-68H,5-18,23-24,26,28-29,49H2,1-4H3,(H,50,66)(H,51,63)(H,52,65)(H,53,62)(H,54,64)/t30-,35-,36+,41-,42-/m0/s1. The van der Waals surface area contributed by atoms with E-state index in [0.29, 0.717) is 12.0 Å². The smallest absolute Gasteiger partial charge is 0.472 e. The first kappa shape index (κ1) is 56.6. The van der Waals surface area contributed by atoms with Crippen LogP contribution in [0.15, 0.2) is 36.4 Å². The van der Waals surface area contributed by atoms with E-state index in [9.17, 15) is 58.9 Å². The van der Waals surface area contributed by atoms with Crippen LogP contribution in [0.2, 0.25) is 0 Å². The summed E-state index contributed by atoms with van der Waals surface area (Å²) >= 11 is 0. The van der Waals surface area contributed by atoms with Gasteiger partial charge in [-0.15, -0.1) is 0 Å². The van der Waals surface area contributed by atoms with Crippen molar-refractivity contribution in [2.75, 3.05) is 33.7 Å². The molecule has 1 aliphatic heterocycles. The Balaban J connectivity index is 1.66. The lowest BCUT2D eigenvalue weighted by atomic mass is 9.91. The van der Waals surface area contributed by atoms with Gasteiger partial charge in [-0.1, -0.05) is 96.1 Å². The van der Waals surface area contributed by atoms with Crippen molar-refractivity contribution in [3.63, 3.8) is 0 Å². The molecule has 0 saturated heterocycles. The molecule has 2 aromatic rings. The summed E-state index contributed by atoms with van der Waals surface area (Å²) < 4.78 is 0. The first-order chi connectivity index (χ1) is 32.4. The number of fused-ring (bicyclic) bond motifs is 5.